The quantitative estimate of drug-likeness (QED) is 0.770. The summed E-state index contributed by atoms with van der Waals surface area (Å²) in [6.07, 6.45) is 3.19. The van der Waals surface area contributed by atoms with Crippen LogP contribution >= 0.6 is 0 Å². The van der Waals surface area contributed by atoms with Crippen LogP contribution in [0.3, 0.4) is 0 Å². The first kappa shape index (κ1) is 20.8. The molecule has 2 heterocycles. The molecule has 2 aliphatic heterocycles. The summed E-state index contributed by atoms with van der Waals surface area (Å²) in [7, 11) is 0. The molecule has 1 N–H and O–H groups in total. The van der Waals surface area contributed by atoms with Crippen LogP contribution in [0.25, 0.3) is 0 Å². The van der Waals surface area contributed by atoms with Crippen molar-refractivity contribution in [3.63, 3.8) is 0 Å². The fraction of sp³-hybridized carbons (Fsp3) is 0.440. The summed E-state index contributed by atoms with van der Waals surface area (Å²) < 4.78 is 24.5. The number of carbonyl (C=O) groups is 2. The van der Waals surface area contributed by atoms with Crippen LogP contribution < -0.4 is 14.8 Å². The largest absolute Gasteiger partial charge is 0.454 e. The maximum atomic E-state index is 13.8. The smallest absolute Gasteiger partial charge is 0.231 e. The molecule has 1 saturated heterocycles. The zero-order chi connectivity index (χ0) is 22.2. The van der Waals surface area contributed by atoms with Crippen molar-refractivity contribution in [3.05, 3.63) is 58.9 Å². The Labute approximate surface area is 186 Å². The highest BCUT2D eigenvalue weighted by Gasteiger charge is 2.41. The van der Waals surface area contributed by atoms with Crippen LogP contribution in [0, 0.1) is 24.6 Å². The van der Waals surface area contributed by atoms with E-state index < -0.39 is 0 Å². The minimum Gasteiger partial charge on any atom is -0.454 e. The van der Waals surface area contributed by atoms with Gasteiger partial charge in [0.1, 0.15) is 5.82 Å². The Kier molecular flexibility index (Phi) is 5.49. The number of nitrogens with zero attached hydrogens (tertiary/aromatic N) is 1. The van der Waals surface area contributed by atoms with Gasteiger partial charge in [-0.25, -0.2) is 4.39 Å². The minimum absolute atomic E-state index is 0.0509. The van der Waals surface area contributed by atoms with Gasteiger partial charge in [0, 0.05) is 19.0 Å². The molecule has 0 aromatic heterocycles. The molecule has 2 aromatic carbocycles. The Morgan fingerprint density at radius 3 is 2.59 bits per heavy atom. The lowest BCUT2D eigenvalue weighted by atomic mass is 9.87. The molecule has 1 aliphatic carbocycles. The summed E-state index contributed by atoms with van der Waals surface area (Å²) in [6.45, 7) is 2.74. The van der Waals surface area contributed by atoms with E-state index in [1.54, 1.807) is 13.0 Å². The van der Waals surface area contributed by atoms with Crippen LogP contribution in [0.15, 0.2) is 36.4 Å². The summed E-state index contributed by atoms with van der Waals surface area (Å²) in [6, 6.07) is 10.6. The first-order valence-electron chi connectivity index (χ1n) is 11.2. The van der Waals surface area contributed by atoms with Crippen LogP contribution in [0.2, 0.25) is 0 Å². The van der Waals surface area contributed by atoms with E-state index in [0.29, 0.717) is 43.0 Å². The Bertz CT molecular complexity index is 1050. The highest BCUT2D eigenvalue weighted by Crippen LogP contribution is 2.40. The van der Waals surface area contributed by atoms with E-state index in [4.69, 9.17) is 9.47 Å². The van der Waals surface area contributed by atoms with Crippen molar-refractivity contribution in [1.29, 1.82) is 0 Å². The monoisotopic (exact) mass is 438 g/mol. The number of hydrogen-bond donors (Lipinski definition) is 1. The van der Waals surface area contributed by atoms with Crippen molar-refractivity contribution in [3.8, 4) is 11.5 Å². The Balaban J connectivity index is 1.27. The van der Waals surface area contributed by atoms with Gasteiger partial charge in [-0.3, -0.25) is 9.59 Å². The zero-order valence-corrected chi connectivity index (χ0v) is 18.1. The minimum atomic E-state index is -0.260. The van der Waals surface area contributed by atoms with E-state index in [1.807, 2.05) is 29.2 Å². The lowest BCUT2D eigenvalue weighted by molar-refractivity contribution is -0.140. The van der Waals surface area contributed by atoms with E-state index in [2.05, 4.69) is 5.32 Å². The number of piperidine rings is 1. The number of aryl methyl sites for hydroxylation is 1. The number of hydrogen-bond acceptors (Lipinski definition) is 4. The average molecular weight is 438 g/mol. The number of nitrogens with one attached hydrogen (secondary N) is 1. The second-order valence-corrected chi connectivity index (χ2v) is 8.97. The third kappa shape index (κ3) is 4.16. The molecule has 5 rings (SSSR count). The van der Waals surface area contributed by atoms with Crippen molar-refractivity contribution in [1.82, 2.24) is 10.2 Å². The molecule has 2 fully saturated rings. The van der Waals surface area contributed by atoms with Crippen molar-refractivity contribution >= 4 is 11.8 Å². The molecule has 2 aromatic rings. The molecule has 2 amide bonds. The normalized spacial score (nSPS) is 22.0. The fourth-order valence-corrected chi connectivity index (χ4v) is 4.60. The summed E-state index contributed by atoms with van der Waals surface area (Å²) in [4.78, 5) is 27.9. The lowest BCUT2D eigenvalue weighted by Gasteiger charge is -2.40. The van der Waals surface area contributed by atoms with Crippen LogP contribution in [-0.2, 0) is 16.1 Å². The Morgan fingerprint density at radius 1 is 1.03 bits per heavy atom. The average Bonchev–Trinajstić information content (AvgIpc) is 3.55. The Morgan fingerprint density at radius 2 is 1.81 bits per heavy atom. The number of amides is 2. The van der Waals surface area contributed by atoms with Gasteiger partial charge >= 0.3 is 0 Å². The van der Waals surface area contributed by atoms with Gasteiger partial charge in [0.2, 0.25) is 18.6 Å². The summed E-state index contributed by atoms with van der Waals surface area (Å²) >= 11 is 0. The number of benzene rings is 2. The Hall–Kier alpha value is -3.09. The highest BCUT2D eigenvalue weighted by molar-refractivity contribution is 5.84. The molecule has 0 bridgehead atoms. The van der Waals surface area contributed by atoms with Crippen molar-refractivity contribution in [2.24, 2.45) is 11.8 Å². The molecule has 0 unspecified atom stereocenters. The van der Waals surface area contributed by atoms with E-state index in [-0.39, 0.29) is 42.3 Å². The molecule has 6 nitrogen and oxygen atoms in total. The number of likely N-dealkylation sites (tertiary alicyclic amines) is 1. The third-order valence-corrected chi connectivity index (χ3v) is 6.63. The summed E-state index contributed by atoms with van der Waals surface area (Å²) in [5.41, 5.74) is 2.45. The predicted molar refractivity (Wildman–Crippen MR) is 115 cm³/mol. The molecule has 7 heteroatoms. The van der Waals surface area contributed by atoms with Gasteiger partial charge in [0.05, 0.1) is 12.0 Å². The molecule has 0 spiro atoms. The second-order valence-electron chi connectivity index (χ2n) is 8.97. The maximum absolute atomic E-state index is 13.8. The standard InChI is InChI=1S/C25H27FN2O4/c1-15-10-18(5-7-20(15)26)21-8-6-19(13-28(21)25(30)17-3-4-17)24(29)27-12-16-2-9-22-23(11-16)32-14-31-22/h2,5,7,9-11,17,19,21H,3-4,6,8,12-14H2,1H3,(H,27,29)/t19-,21-/m0/s1. The van der Waals surface area contributed by atoms with Gasteiger partial charge < -0.3 is 19.7 Å². The first-order valence-corrected chi connectivity index (χ1v) is 11.2. The maximum Gasteiger partial charge on any atom is 0.231 e. The van der Waals surface area contributed by atoms with Gasteiger partial charge in [-0.1, -0.05) is 18.2 Å². The van der Waals surface area contributed by atoms with Gasteiger partial charge in [-0.05, 0) is 67.5 Å². The van der Waals surface area contributed by atoms with E-state index >= 15 is 0 Å². The van der Waals surface area contributed by atoms with Crippen molar-refractivity contribution < 1.29 is 23.5 Å². The van der Waals surface area contributed by atoms with Crippen LogP contribution in [0.1, 0.15) is 48.4 Å². The van der Waals surface area contributed by atoms with E-state index in [0.717, 1.165) is 24.0 Å². The molecular weight excluding hydrogens is 411 g/mol. The fourth-order valence-electron chi connectivity index (χ4n) is 4.60. The van der Waals surface area contributed by atoms with Crippen LogP contribution in [-0.4, -0.2) is 30.1 Å². The first-order chi connectivity index (χ1) is 15.5. The van der Waals surface area contributed by atoms with Crippen LogP contribution in [0.4, 0.5) is 4.39 Å². The van der Waals surface area contributed by atoms with Gasteiger partial charge in [-0.2, -0.15) is 0 Å². The van der Waals surface area contributed by atoms with Gasteiger partial charge in [0.15, 0.2) is 11.5 Å². The number of rotatable bonds is 5. The molecule has 1 saturated carbocycles. The molecule has 168 valence electrons. The SMILES string of the molecule is Cc1cc([C@@H]2CC[C@H](C(=O)NCc3ccc4c(c3)OCO4)CN2C(=O)C2CC2)ccc1F. The van der Waals surface area contributed by atoms with E-state index in [1.165, 1.54) is 6.07 Å². The number of ether oxygens (including phenoxy) is 2. The molecular formula is C25H27FN2O4. The van der Waals surface area contributed by atoms with Crippen molar-refractivity contribution in [2.75, 3.05) is 13.3 Å². The number of fused-ring (bicyclic) bond motifs is 1. The molecule has 32 heavy (non-hydrogen) atoms. The van der Waals surface area contributed by atoms with Gasteiger partial charge in [0.25, 0.3) is 0 Å². The molecule has 0 radical (unpaired) electrons. The predicted octanol–water partition coefficient (Wildman–Crippen LogP) is 3.87. The topological polar surface area (TPSA) is 67.9 Å². The molecule has 2 atom stereocenters. The van der Waals surface area contributed by atoms with Gasteiger partial charge in [-0.15, -0.1) is 0 Å². The number of carbonyl (C=O) groups excluding carboxylic acids is 2. The molecule has 3 aliphatic rings. The van der Waals surface area contributed by atoms with Crippen molar-refractivity contribution in [2.45, 2.75) is 45.2 Å². The lowest BCUT2D eigenvalue weighted by Crippen LogP contribution is -2.47. The zero-order valence-electron chi connectivity index (χ0n) is 18.1. The van der Waals surface area contributed by atoms with E-state index in [9.17, 15) is 14.0 Å². The third-order valence-electron chi connectivity index (χ3n) is 6.63. The second kappa shape index (κ2) is 8.45. The highest BCUT2D eigenvalue weighted by atomic mass is 19.1. The van der Waals surface area contributed by atoms with Crippen LogP contribution in [0.5, 0.6) is 11.5 Å². The summed E-state index contributed by atoms with van der Waals surface area (Å²) in [5, 5.41) is 3.01. The number of halogens is 1. The summed E-state index contributed by atoms with van der Waals surface area (Å²) in [5.74, 6) is 1.02.